The fraction of sp³-hybridized carbons (Fsp3) is 0.286. The van der Waals surface area contributed by atoms with Crippen LogP contribution < -0.4 is 0 Å². The fourth-order valence-electron chi connectivity index (χ4n) is 3.34. The molecule has 0 heterocycles. The summed E-state index contributed by atoms with van der Waals surface area (Å²) in [6, 6.07) is 14.3. The zero-order valence-corrected chi connectivity index (χ0v) is 14.1. The van der Waals surface area contributed by atoms with E-state index in [9.17, 15) is 23.1 Å². The van der Waals surface area contributed by atoms with Crippen molar-refractivity contribution >= 4 is 5.78 Å². The number of ketones is 1. The Morgan fingerprint density at radius 2 is 1.81 bits per heavy atom. The molecule has 0 radical (unpaired) electrons. The Kier molecular flexibility index (Phi) is 5.16. The number of aliphatic hydroxyl groups is 1. The second kappa shape index (κ2) is 7.36. The molecule has 5 heteroatoms. The molecule has 1 aliphatic rings. The third-order valence-electron chi connectivity index (χ3n) is 4.80. The van der Waals surface area contributed by atoms with Gasteiger partial charge in [0.1, 0.15) is 0 Å². The molecule has 2 aromatic rings. The second-order valence-electron chi connectivity index (χ2n) is 6.58. The highest BCUT2D eigenvalue weighted by atomic mass is 19.4. The molecule has 0 bridgehead atoms. The van der Waals surface area contributed by atoms with Gasteiger partial charge in [0.25, 0.3) is 0 Å². The summed E-state index contributed by atoms with van der Waals surface area (Å²) in [5, 5.41) is 10.3. The highest BCUT2D eigenvalue weighted by molar-refractivity contribution is 5.97. The number of alkyl halides is 3. The van der Waals surface area contributed by atoms with Gasteiger partial charge in [0.2, 0.25) is 0 Å². The topological polar surface area (TPSA) is 37.3 Å². The summed E-state index contributed by atoms with van der Waals surface area (Å²) < 4.78 is 38.4. The van der Waals surface area contributed by atoms with Crippen LogP contribution in [0.15, 0.2) is 65.9 Å². The highest BCUT2D eigenvalue weighted by Crippen LogP contribution is 2.37. The molecule has 136 valence electrons. The number of carbonyl (C=O) groups is 1. The fourth-order valence-corrected chi connectivity index (χ4v) is 3.34. The Bertz CT molecular complexity index is 823. The first-order chi connectivity index (χ1) is 12.3. The van der Waals surface area contributed by atoms with E-state index in [0.717, 1.165) is 24.1 Å². The van der Waals surface area contributed by atoms with Gasteiger partial charge in [0.05, 0.1) is 11.3 Å². The minimum Gasteiger partial charge on any atom is -0.512 e. The Hall–Kier alpha value is -2.56. The number of halogens is 3. The van der Waals surface area contributed by atoms with Crippen LogP contribution in [0.4, 0.5) is 13.2 Å². The number of allylic oxidation sites excluding steroid dienone is 2. The maximum Gasteiger partial charge on any atom is 0.416 e. The SMILES string of the molecule is O=C(CC1=C(O)CC(c2ccccc2)CC1)c1cccc(C(F)(F)F)c1. The van der Waals surface area contributed by atoms with Gasteiger partial charge < -0.3 is 5.11 Å². The van der Waals surface area contributed by atoms with Crippen LogP contribution in [0.3, 0.4) is 0 Å². The minimum atomic E-state index is -4.48. The predicted molar refractivity (Wildman–Crippen MR) is 93.1 cm³/mol. The largest absolute Gasteiger partial charge is 0.512 e. The van der Waals surface area contributed by atoms with E-state index in [1.54, 1.807) is 0 Å². The van der Waals surface area contributed by atoms with Gasteiger partial charge >= 0.3 is 6.18 Å². The summed E-state index contributed by atoms with van der Waals surface area (Å²) >= 11 is 0. The summed E-state index contributed by atoms with van der Waals surface area (Å²) in [7, 11) is 0. The molecule has 1 unspecified atom stereocenters. The van der Waals surface area contributed by atoms with Crippen LogP contribution in [0.25, 0.3) is 0 Å². The molecule has 0 amide bonds. The van der Waals surface area contributed by atoms with Crippen molar-refractivity contribution in [1.82, 2.24) is 0 Å². The monoisotopic (exact) mass is 360 g/mol. The quantitative estimate of drug-likeness (QED) is 0.673. The summed E-state index contributed by atoms with van der Waals surface area (Å²) in [5.74, 6) is -0.0233. The van der Waals surface area contributed by atoms with Gasteiger partial charge in [-0.05, 0) is 42.0 Å². The third-order valence-corrected chi connectivity index (χ3v) is 4.80. The van der Waals surface area contributed by atoms with E-state index in [1.807, 2.05) is 30.3 Å². The van der Waals surface area contributed by atoms with Crippen LogP contribution in [0.2, 0.25) is 0 Å². The summed E-state index contributed by atoms with van der Waals surface area (Å²) in [6.07, 6.45) is -2.70. The number of rotatable bonds is 4. The van der Waals surface area contributed by atoms with E-state index >= 15 is 0 Å². The minimum absolute atomic E-state index is 0.0188. The Balaban J connectivity index is 1.72. The number of hydrogen-bond acceptors (Lipinski definition) is 2. The average molecular weight is 360 g/mol. The van der Waals surface area contributed by atoms with Crippen LogP contribution in [0, 0.1) is 0 Å². The van der Waals surface area contributed by atoms with Crippen LogP contribution in [-0.2, 0) is 6.18 Å². The van der Waals surface area contributed by atoms with Crippen LogP contribution in [0.5, 0.6) is 0 Å². The van der Waals surface area contributed by atoms with Crippen LogP contribution >= 0.6 is 0 Å². The molecule has 0 aliphatic heterocycles. The van der Waals surface area contributed by atoms with Gasteiger partial charge in [-0.15, -0.1) is 0 Å². The maximum absolute atomic E-state index is 12.8. The summed E-state index contributed by atoms with van der Waals surface area (Å²) in [6.45, 7) is 0. The lowest BCUT2D eigenvalue weighted by Gasteiger charge is -2.24. The number of carbonyl (C=O) groups excluding carboxylic acids is 1. The van der Waals surface area contributed by atoms with Crippen LogP contribution in [-0.4, -0.2) is 10.9 Å². The van der Waals surface area contributed by atoms with E-state index in [-0.39, 0.29) is 23.7 Å². The first-order valence-corrected chi connectivity index (χ1v) is 8.50. The number of hydrogen-bond donors (Lipinski definition) is 1. The van der Waals surface area contributed by atoms with Gasteiger partial charge in [0.15, 0.2) is 5.78 Å². The number of aliphatic hydroxyl groups excluding tert-OH is 1. The van der Waals surface area contributed by atoms with Crippen LogP contribution in [0.1, 0.15) is 53.1 Å². The third kappa shape index (κ3) is 4.15. The lowest BCUT2D eigenvalue weighted by molar-refractivity contribution is -0.137. The van der Waals surface area contributed by atoms with Crippen molar-refractivity contribution in [3.8, 4) is 0 Å². The van der Waals surface area contributed by atoms with E-state index in [2.05, 4.69) is 0 Å². The molecule has 1 aliphatic carbocycles. The Morgan fingerprint density at radius 3 is 2.46 bits per heavy atom. The first kappa shape index (κ1) is 18.2. The van der Waals surface area contributed by atoms with Crippen molar-refractivity contribution in [1.29, 1.82) is 0 Å². The lowest BCUT2D eigenvalue weighted by atomic mass is 9.82. The molecule has 1 N–H and O–H groups in total. The van der Waals surface area contributed by atoms with Crippen molar-refractivity contribution in [3.05, 3.63) is 82.6 Å². The molecular formula is C21H19F3O2. The van der Waals surface area contributed by atoms with E-state index in [1.165, 1.54) is 12.1 Å². The maximum atomic E-state index is 12.8. The molecule has 3 rings (SSSR count). The zero-order chi connectivity index (χ0) is 18.7. The number of benzene rings is 2. The van der Waals surface area contributed by atoms with Gasteiger partial charge in [-0.3, -0.25) is 4.79 Å². The molecule has 26 heavy (non-hydrogen) atoms. The average Bonchev–Trinajstić information content (AvgIpc) is 2.63. The van der Waals surface area contributed by atoms with E-state index in [0.29, 0.717) is 18.4 Å². The van der Waals surface area contributed by atoms with E-state index < -0.39 is 17.5 Å². The molecule has 1 atom stereocenters. The summed E-state index contributed by atoms with van der Waals surface area (Å²) in [5.41, 5.74) is 0.946. The van der Waals surface area contributed by atoms with E-state index in [4.69, 9.17) is 0 Å². The summed E-state index contributed by atoms with van der Waals surface area (Å²) in [4.78, 5) is 12.4. The number of Topliss-reactive ketones (excluding diaryl/α,β-unsaturated/α-hetero) is 1. The predicted octanol–water partition coefficient (Wildman–Crippen LogP) is 6.06. The van der Waals surface area contributed by atoms with Crippen molar-refractivity contribution < 1.29 is 23.1 Å². The molecule has 2 nitrogen and oxygen atoms in total. The van der Waals surface area contributed by atoms with Gasteiger partial charge in [-0.1, -0.05) is 42.5 Å². The molecular weight excluding hydrogens is 341 g/mol. The van der Waals surface area contributed by atoms with Gasteiger partial charge in [-0.25, -0.2) is 0 Å². The first-order valence-electron chi connectivity index (χ1n) is 8.50. The van der Waals surface area contributed by atoms with Gasteiger partial charge in [-0.2, -0.15) is 13.2 Å². The molecule has 0 saturated heterocycles. The standard InChI is InChI=1S/C21H19F3O2/c22-21(23,24)18-8-4-7-16(11-18)20(26)13-17-10-9-15(12-19(17)25)14-5-2-1-3-6-14/h1-8,11,15,25H,9-10,12-13H2. The highest BCUT2D eigenvalue weighted by Gasteiger charge is 2.31. The van der Waals surface area contributed by atoms with Crippen molar-refractivity contribution in [2.75, 3.05) is 0 Å². The second-order valence-corrected chi connectivity index (χ2v) is 6.58. The normalized spacial score (nSPS) is 18.0. The molecule has 0 fully saturated rings. The molecule has 0 spiro atoms. The smallest absolute Gasteiger partial charge is 0.416 e. The van der Waals surface area contributed by atoms with Crippen molar-refractivity contribution in [2.24, 2.45) is 0 Å². The van der Waals surface area contributed by atoms with Crippen molar-refractivity contribution in [3.63, 3.8) is 0 Å². The lowest BCUT2D eigenvalue weighted by Crippen LogP contribution is -2.13. The Labute approximate surface area is 150 Å². The molecule has 2 aromatic carbocycles. The van der Waals surface area contributed by atoms with Gasteiger partial charge in [0, 0.05) is 18.4 Å². The molecule has 0 aromatic heterocycles. The van der Waals surface area contributed by atoms with Crippen molar-refractivity contribution in [2.45, 2.75) is 37.8 Å². The Morgan fingerprint density at radius 1 is 1.08 bits per heavy atom. The molecule has 0 saturated carbocycles. The zero-order valence-electron chi connectivity index (χ0n) is 14.1.